The molecule has 3 nitrogen and oxygen atoms in total. The van der Waals surface area contributed by atoms with Crippen LogP contribution < -0.4 is 0 Å². The van der Waals surface area contributed by atoms with Crippen LogP contribution in [0.15, 0.2) is 0 Å². The smallest absolute Gasteiger partial charge is 0.212 e. The van der Waals surface area contributed by atoms with Crippen molar-refractivity contribution in [3.8, 4) is 0 Å². The van der Waals surface area contributed by atoms with Crippen LogP contribution in [0.2, 0.25) is 0 Å². The van der Waals surface area contributed by atoms with E-state index in [1.807, 2.05) is 6.92 Å². The molecule has 0 aliphatic heterocycles. The van der Waals surface area contributed by atoms with Crippen molar-refractivity contribution in [3.05, 3.63) is 0 Å². The van der Waals surface area contributed by atoms with Gasteiger partial charge in [-0.25, -0.2) is 12.7 Å². The van der Waals surface area contributed by atoms with Crippen LogP contribution in [-0.4, -0.2) is 37.4 Å². The number of hydrogen-bond donors (Lipinski definition) is 0. The van der Waals surface area contributed by atoms with Crippen LogP contribution in [-0.2, 0) is 10.0 Å². The van der Waals surface area contributed by atoms with E-state index >= 15 is 0 Å². The van der Waals surface area contributed by atoms with Crippen LogP contribution in [0.3, 0.4) is 0 Å². The van der Waals surface area contributed by atoms with Crippen molar-refractivity contribution in [3.63, 3.8) is 0 Å². The van der Waals surface area contributed by atoms with Gasteiger partial charge >= 0.3 is 0 Å². The molecule has 1 fully saturated rings. The summed E-state index contributed by atoms with van der Waals surface area (Å²) in [6.45, 7) is 3.33. The Hall–Kier alpha value is 0.200. The van der Waals surface area contributed by atoms with E-state index in [2.05, 4.69) is 0 Å². The fourth-order valence-electron chi connectivity index (χ4n) is 1.41. The predicted octanol–water partition coefficient (Wildman–Crippen LogP) is 1.68. The molecule has 0 amide bonds. The molecule has 0 atom stereocenters. The van der Waals surface area contributed by atoms with Gasteiger partial charge in [0.2, 0.25) is 10.0 Å². The minimum atomic E-state index is -3.09. The molecule has 84 valence electrons. The highest BCUT2D eigenvalue weighted by atomic mass is 35.5. The lowest BCUT2D eigenvalue weighted by Crippen LogP contribution is -2.35. The lowest BCUT2D eigenvalue weighted by atomic mass is 10.4. The molecule has 0 aromatic carbocycles. The molecular formula is C9H18ClNO2S. The average molecular weight is 240 g/mol. The van der Waals surface area contributed by atoms with E-state index in [9.17, 15) is 8.42 Å². The number of hydrogen-bond acceptors (Lipinski definition) is 2. The maximum absolute atomic E-state index is 11.7. The lowest BCUT2D eigenvalue weighted by Gasteiger charge is -2.20. The van der Waals surface area contributed by atoms with Gasteiger partial charge in [-0.2, -0.15) is 0 Å². The largest absolute Gasteiger partial charge is 0.215 e. The quantitative estimate of drug-likeness (QED) is 0.634. The van der Waals surface area contributed by atoms with Gasteiger partial charge in [0.15, 0.2) is 0 Å². The number of sulfonamides is 1. The highest BCUT2D eigenvalue weighted by Gasteiger charge is 2.29. The first-order valence-corrected chi connectivity index (χ1v) is 7.28. The Morgan fingerprint density at radius 3 is 2.50 bits per heavy atom. The molecule has 0 saturated heterocycles. The Morgan fingerprint density at radius 1 is 1.43 bits per heavy atom. The first-order valence-electron chi connectivity index (χ1n) is 5.14. The Balaban J connectivity index is 2.54. The standard InChI is InChI=1S/C9H18ClNO2S/c1-2-6-11(8-9-3-4-9)14(12,13)7-5-10/h9H,2-8H2,1H3. The zero-order valence-corrected chi connectivity index (χ0v) is 10.1. The van der Waals surface area contributed by atoms with Gasteiger partial charge in [-0.3, -0.25) is 0 Å². The molecule has 1 aliphatic rings. The molecule has 0 spiro atoms. The first-order chi connectivity index (χ1) is 6.60. The molecule has 0 bridgehead atoms. The second kappa shape index (κ2) is 5.33. The van der Waals surface area contributed by atoms with Crippen LogP contribution in [0.5, 0.6) is 0 Å². The maximum Gasteiger partial charge on any atom is 0.215 e. The number of rotatable bonds is 7. The molecular weight excluding hydrogens is 222 g/mol. The Morgan fingerprint density at radius 2 is 2.07 bits per heavy atom. The van der Waals surface area contributed by atoms with E-state index in [0.717, 1.165) is 6.42 Å². The minimum absolute atomic E-state index is 0.0707. The third kappa shape index (κ3) is 3.75. The van der Waals surface area contributed by atoms with Crippen molar-refractivity contribution in [1.29, 1.82) is 0 Å². The Kier molecular flexibility index (Phi) is 4.67. The summed E-state index contributed by atoms with van der Waals surface area (Å²) in [7, 11) is -3.09. The van der Waals surface area contributed by atoms with Gasteiger partial charge in [0.05, 0.1) is 5.75 Å². The summed E-state index contributed by atoms with van der Waals surface area (Å²) in [6.07, 6.45) is 3.22. The minimum Gasteiger partial charge on any atom is -0.212 e. The van der Waals surface area contributed by atoms with Gasteiger partial charge in [-0.05, 0) is 25.2 Å². The topological polar surface area (TPSA) is 37.4 Å². The van der Waals surface area contributed by atoms with E-state index in [-0.39, 0.29) is 11.6 Å². The summed E-state index contributed by atoms with van der Waals surface area (Å²) in [5, 5.41) is 0. The normalized spacial score (nSPS) is 17.6. The van der Waals surface area contributed by atoms with E-state index in [0.29, 0.717) is 19.0 Å². The van der Waals surface area contributed by atoms with Crippen LogP contribution >= 0.6 is 11.6 Å². The Bertz CT molecular complexity index is 262. The third-order valence-electron chi connectivity index (χ3n) is 2.36. The highest BCUT2D eigenvalue weighted by Crippen LogP contribution is 2.30. The summed E-state index contributed by atoms with van der Waals surface area (Å²) in [5.74, 6) is 0.862. The molecule has 0 N–H and O–H groups in total. The molecule has 0 heterocycles. The SMILES string of the molecule is CCCN(CC1CC1)S(=O)(=O)CCCl. The summed E-state index contributed by atoms with van der Waals surface area (Å²) in [5.41, 5.74) is 0. The monoisotopic (exact) mass is 239 g/mol. The molecule has 14 heavy (non-hydrogen) atoms. The summed E-state index contributed by atoms with van der Waals surface area (Å²) in [4.78, 5) is 0. The van der Waals surface area contributed by atoms with Crippen LogP contribution in [0.4, 0.5) is 0 Å². The molecule has 1 aliphatic carbocycles. The van der Waals surface area contributed by atoms with Gasteiger partial charge in [0, 0.05) is 19.0 Å². The fourth-order valence-corrected chi connectivity index (χ4v) is 3.35. The molecule has 0 radical (unpaired) electrons. The number of alkyl halides is 1. The maximum atomic E-state index is 11.7. The van der Waals surface area contributed by atoms with Crippen LogP contribution in [0, 0.1) is 5.92 Å². The predicted molar refractivity (Wildman–Crippen MR) is 59.1 cm³/mol. The van der Waals surface area contributed by atoms with Gasteiger partial charge < -0.3 is 0 Å². The zero-order chi connectivity index (χ0) is 10.6. The van der Waals surface area contributed by atoms with Gasteiger partial charge in [0.25, 0.3) is 0 Å². The second-order valence-electron chi connectivity index (χ2n) is 3.81. The van der Waals surface area contributed by atoms with Gasteiger partial charge in [0.1, 0.15) is 0 Å². The average Bonchev–Trinajstić information content (AvgIpc) is 2.87. The molecule has 1 saturated carbocycles. The van der Waals surface area contributed by atoms with E-state index < -0.39 is 10.0 Å². The van der Waals surface area contributed by atoms with E-state index in [1.165, 1.54) is 12.8 Å². The summed E-state index contributed by atoms with van der Waals surface area (Å²) in [6, 6.07) is 0. The van der Waals surface area contributed by atoms with Crippen molar-refractivity contribution in [2.24, 2.45) is 5.92 Å². The number of nitrogens with zero attached hydrogens (tertiary/aromatic N) is 1. The van der Waals surface area contributed by atoms with Crippen molar-refractivity contribution in [1.82, 2.24) is 4.31 Å². The number of halogens is 1. The summed E-state index contributed by atoms with van der Waals surface area (Å²) < 4.78 is 25.1. The van der Waals surface area contributed by atoms with Crippen LogP contribution in [0.25, 0.3) is 0 Å². The fraction of sp³-hybridized carbons (Fsp3) is 1.00. The van der Waals surface area contributed by atoms with Crippen molar-refractivity contribution >= 4 is 21.6 Å². The molecule has 5 heteroatoms. The third-order valence-corrected chi connectivity index (χ3v) is 4.61. The van der Waals surface area contributed by atoms with Crippen molar-refractivity contribution in [2.75, 3.05) is 24.7 Å². The molecule has 0 aromatic heterocycles. The molecule has 1 rings (SSSR count). The summed E-state index contributed by atoms with van der Waals surface area (Å²) >= 11 is 5.48. The van der Waals surface area contributed by atoms with E-state index in [1.54, 1.807) is 4.31 Å². The van der Waals surface area contributed by atoms with Gasteiger partial charge in [-0.15, -0.1) is 11.6 Å². The van der Waals surface area contributed by atoms with Crippen molar-refractivity contribution in [2.45, 2.75) is 26.2 Å². The Labute approximate surface area is 91.5 Å². The molecule has 0 aromatic rings. The second-order valence-corrected chi connectivity index (χ2v) is 6.27. The van der Waals surface area contributed by atoms with E-state index in [4.69, 9.17) is 11.6 Å². The van der Waals surface area contributed by atoms with Crippen LogP contribution in [0.1, 0.15) is 26.2 Å². The lowest BCUT2D eigenvalue weighted by molar-refractivity contribution is 0.396. The zero-order valence-electron chi connectivity index (χ0n) is 8.58. The van der Waals surface area contributed by atoms with Crippen molar-refractivity contribution < 1.29 is 8.42 Å². The van der Waals surface area contributed by atoms with Gasteiger partial charge in [-0.1, -0.05) is 6.92 Å². The molecule has 0 unspecified atom stereocenters. The highest BCUT2D eigenvalue weighted by molar-refractivity contribution is 7.89. The first kappa shape index (κ1) is 12.3.